The molecule has 0 aromatic rings. The van der Waals surface area contributed by atoms with Gasteiger partial charge in [0.15, 0.2) is 0 Å². The van der Waals surface area contributed by atoms with Crippen LogP contribution in [0, 0.1) is 11.8 Å². The highest BCUT2D eigenvalue weighted by molar-refractivity contribution is 7.85. The van der Waals surface area contributed by atoms with Gasteiger partial charge in [-0.2, -0.15) is 16.8 Å². The van der Waals surface area contributed by atoms with Gasteiger partial charge in [-0.05, 0) is 24.7 Å². The van der Waals surface area contributed by atoms with Gasteiger partial charge >= 0.3 is 0 Å². The Hall–Kier alpha value is -0.260. The summed E-state index contributed by atoms with van der Waals surface area (Å²) in [5.74, 6) is 0.748. The number of aliphatic hydroxyl groups is 2. The molecular weight excluding hydrogens is 312 g/mol. The van der Waals surface area contributed by atoms with Crippen molar-refractivity contribution in [3.63, 3.8) is 0 Å². The molecule has 0 saturated heterocycles. The molecule has 1 aliphatic carbocycles. The molecule has 20 heavy (non-hydrogen) atoms. The molecule has 8 nitrogen and oxygen atoms in total. The second-order valence-electron chi connectivity index (χ2n) is 4.64. The summed E-state index contributed by atoms with van der Waals surface area (Å²) in [4.78, 5) is 0. The molecule has 0 amide bonds. The van der Waals surface area contributed by atoms with Gasteiger partial charge in [0.25, 0.3) is 20.2 Å². The molecule has 0 spiro atoms. The summed E-state index contributed by atoms with van der Waals surface area (Å²) in [6.07, 6.45) is 6.08. The minimum absolute atomic E-state index is 0.255. The van der Waals surface area contributed by atoms with Gasteiger partial charge in [0, 0.05) is 13.2 Å². The van der Waals surface area contributed by atoms with E-state index in [9.17, 15) is 16.8 Å². The number of hydrogen-bond donors (Lipinski definition) is 4. The van der Waals surface area contributed by atoms with E-state index < -0.39 is 20.2 Å². The summed E-state index contributed by atoms with van der Waals surface area (Å²) in [7, 11) is -7.33. The first-order valence-corrected chi connectivity index (χ1v) is 9.64. The van der Waals surface area contributed by atoms with Crippen LogP contribution in [0.25, 0.3) is 0 Å². The Labute approximate surface area is 120 Å². The van der Waals surface area contributed by atoms with Gasteiger partial charge in [0.1, 0.15) is 0 Å². The van der Waals surface area contributed by atoms with E-state index in [1.54, 1.807) is 0 Å². The van der Waals surface area contributed by atoms with Crippen LogP contribution in [-0.2, 0) is 20.2 Å². The largest absolute Gasteiger partial charge is 0.396 e. The predicted molar refractivity (Wildman–Crippen MR) is 74.6 cm³/mol. The van der Waals surface area contributed by atoms with E-state index in [1.165, 1.54) is 12.8 Å². The summed E-state index contributed by atoms with van der Waals surface area (Å²) < 4.78 is 51.7. The van der Waals surface area contributed by atoms with Crippen molar-refractivity contribution in [2.24, 2.45) is 11.8 Å². The van der Waals surface area contributed by atoms with Crippen molar-refractivity contribution in [1.29, 1.82) is 0 Å². The third-order valence-electron chi connectivity index (χ3n) is 2.54. The van der Waals surface area contributed by atoms with E-state index in [4.69, 9.17) is 19.3 Å². The molecule has 0 aromatic carbocycles. The molecule has 4 N–H and O–H groups in total. The van der Waals surface area contributed by atoms with Crippen LogP contribution < -0.4 is 0 Å². The van der Waals surface area contributed by atoms with E-state index in [2.05, 4.69) is 0 Å². The Kier molecular flexibility index (Phi) is 11.5. The standard InChI is InChI=1S/C8H16O2.2CH4O3S/c9-5-7-3-1-2-4-8(7)6-10;2*1-5(2,3)4/h7-10H,1-6H2;2*1H3,(H,2,3,4)/t7-,8+;;. The topological polar surface area (TPSA) is 149 Å². The van der Waals surface area contributed by atoms with Crippen molar-refractivity contribution >= 4 is 20.2 Å². The average molecular weight is 336 g/mol. The molecule has 10 heteroatoms. The fraction of sp³-hybridized carbons (Fsp3) is 1.00. The Bertz CT molecular complexity index is 370. The minimum atomic E-state index is -3.67. The van der Waals surface area contributed by atoms with Gasteiger partial charge in [-0.1, -0.05) is 12.8 Å². The van der Waals surface area contributed by atoms with Crippen LogP contribution in [0.4, 0.5) is 0 Å². The van der Waals surface area contributed by atoms with Crippen LogP contribution in [0.15, 0.2) is 0 Å². The molecule has 124 valence electrons. The first-order valence-electron chi connectivity index (χ1n) is 5.95. The van der Waals surface area contributed by atoms with Crippen molar-refractivity contribution in [1.82, 2.24) is 0 Å². The van der Waals surface area contributed by atoms with E-state index >= 15 is 0 Å². The monoisotopic (exact) mass is 336 g/mol. The smallest absolute Gasteiger partial charge is 0.261 e. The van der Waals surface area contributed by atoms with Gasteiger partial charge in [-0.15, -0.1) is 0 Å². The van der Waals surface area contributed by atoms with Crippen molar-refractivity contribution < 1.29 is 36.2 Å². The molecule has 0 bridgehead atoms. The van der Waals surface area contributed by atoms with Crippen LogP contribution in [0.2, 0.25) is 0 Å². The normalized spacial score (nSPS) is 22.9. The fourth-order valence-corrected chi connectivity index (χ4v) is 1.77. The molecule has 1 saturated carbocycles. The van der Waals surface area contributed by atoms with Crippen molar-refractivity contribution in [3.8, 4) is 0 Å². The molecule has 0 aromatic heterocycles. The summed E-state index contributed by atoms with van der Waals surface area (Å²) in [5.41, 5.74) is 0. The maximum absolute atomic E-state index is 9.19. The minimum Gasteiger partial charge on any atom is -0.396 e. The second kappa shape index (κ2) is 10.5. The number of aliphatic hydroxyl groups excluding tert-OH is 2. The molecule has 1 fully saturated rings. The van der Waals surface area contributed by atoms with Crippen LogP contribution in [-0.4, -0.2) is 61.9 Å². The maximum Gasteiger partial charge on any atom is 0.261 e. The van der Waals surface area contributed by atoms with E-state index in [1.807, 2.05) is 0 Å². The van der Waals surface area contributed by atoms with Gasteiger partial charge in [0.2, 0.25) is 0 Å². The molecule has 0 aliphatic heterocycles. The van der Waals surface area contributed by atoms with E-state index in [0.29, 0.717) is 24.3 Å². The highest BCUT2D eigenvalue weighted by Crippen LogP contribution is 2.28. The van der Waals surface area contributed by atoms with Gasteiger partial charge < -0.3 is 10.2 Å². The highest BCUT2D eigenvalue weighted by atomic mass is 32.2. The zero-order chi connectivity index (χ0) is 16.4. The zero-order valence-corrected chi connectivity index (χ0v) is 13.3. The Morgan fingerprint density at radius 3 is 1.15 bits per heavy atom. The van der Waals surface area contributed by atoms with Crippen molar-refractivity contribution in [2.75, 3.05) is 25.7 Å². The van der Waals surface area contributed by atoms with E-state index in [0.717, 1.165) is 12.8 Å². The number of hydrogen-bond acceptors (Lipinski definition) is 6. The second-order valence-corrected chi connectivity index (χ2v) is 7.57. The van der Waals surface area contributed by atoms with Crippen molar-refractivity contribution in [2.45, 2.75) is 25.7 Å². The van der Waals surface area contributed by atoms with Gasteiger partial charge in [0.05, 0.1) is 12.5 Å². The lowest BCUT2D eigenvalue weighted by Crippen LogP contribution is -2.25. The lowest BCUT2D eigenvalue weighted by molar-refractivity contribution is 0.0869. The Balaban J connectivity index is 0. The quantitative estimate of drug-likeness (QED) is 0.506. The molecule has 0 heterocycles. The SMILES string of the molecule is CS(=O)(=O)O.CS(=O)(=O)O.OC[C@@H]1CCCC[C@@H]1CO. The Morgan fingerprint density at radius 2 is 1.00 bits per heavy atom. The molecular formula is C10H24O8S2. The van der Waals surface area contributed by atoms with Gasteiger partial charge in [-0.25, -0.2) is 0 Å². The molecule has 1 rings (SSSR count). The zero-order valence-electron chi connectivity index (χ0n) is 11.6. The molecule has 1 aliphatic rings. The third kappa shape index (κ3) is 22.9. The summed E-state index contributed by atoms with van der Waals surface area (Å²) in [6.45, 7) is 0.510. The average Bonchev–Trinajstić information content (AvgIpc) is 2.24. The van der Waals surface area contributed by atoms with Crippen LogP contribution in [0.1, 0.15) is 25.7 Å². The highest BCUT2D eigenvalue weighted by Gasteiger charge is 2.23. The molecule has 0 unspecified atom stereocenters. The van der Waals surface area contributed by atoms with E-state index in [-0.39, 0.29) is 13.2 Å². The first kappa shape index (κ1) is 22.0. The molecule has 0 radical (unpaired) electrons. The van der Waals surface area contributed by atoms with Crippen LogP contribution >= 0.6 is 0 Å². The summed E-state index contributed by atoms with van der Waals surface area (Å²) in [5, 5.41) is 17.8. The van der Waals surface area contributed by atoms with Crippen LogP contribution in [0.5, 0.6) is 0 Å². The van der Waals surface area contributed by atoms with Crippen LogP contribution in [0.3, 0.4) is 0 Å². The first-order chi connectivity index (χ1) is 8.88. The third-order valence-corrected chi connectivity index (χ3v) is 2.54. The van der Waals surface area contributed by atoms with Gasteiger partial charge in [-0.3, -0.25) is 9.11 Å². The molecule has 2 atom stereocenters. The predicted octanol–water partition coefficient (Wildman–Crippen LogP) is -0.215. The summed E-state index contributed by atoms with van der Waals surface area (Å²) in [6, 6.07) is 0. The maximum atomic E-state index is 9.19. The lowest BCUT2D eigenvalue weighted by atomic mass is 9.80. The lowest BCUT2D eigenvalue weighted by Gasteiger charge is -2.28. The Morgan fingerprint density at radius 1 is 0.800 bits per heavy atom. The number of rotatable bonds is 2. The fourth-order valence-electron chi connectivity index (χ4n) is 1.77. The summed E-state index contributed by atoms with van der Waals surface area (Å²) >= 11 is 0. The van der Waals surface area contributed by atoms with Crippen molar-refractivity contribution in [3.05, 3.63) is 0 Å².